The predicted octanol–water partition coefficient (Wildman–Crippen LogP) is 10.0. The summed E-state index contributed by atoms with van der Waals surface area (Å²) in [6.07, 6.45) is 10.9. The van der Waals surface area contributed by atoms with Gasteiger partial charge >= 0.3 is 0 Å². The fraction of sp³-hybridized carbons (Fsp3) is 0.0513. The van der Waals surface area contributed by atoms with Crippen molar-refractivity contribution in [2.24, 2.45) is 0 Å². The first-order valence-corrected chi connectivity index (χ1v) is 14.3. The molecule has 2 aliphatic rings. The Hall–Kier alpha value is -5.21. The molecular formula is C39H26N2. The van der Waals surface area contributed by atoms with E-state index in [-0.39, 0.29) is 0 Å². The number of rotatable bonds is 3. The number of aromatic nitrogens is 1. The number of hydrogen-bond acceptors (Lipinski definition) is 2. The van der Waals surface area contributed by atoms with Crippen molar-refractivity contribution in [1.82, 2.24) is 4.98 Å². The maximum atomic E-state index is 4.67. The number of hydrogen-bond donors (Lipinski definition) is 0. The summed E-state index contributed by atoms with van der Waals surface area (Å²) >= 11 is 0. The van der Waals surface area contributed by atoms with Gasteiger partial charge in [-0.1, -0.05) is 109 Å². The largest absolute Gasteiger partial charge is 0.333 e. The van der Waals surface area contributed by atoms with Crippen LogP contribution in [0.1, 0.15) is 11.5 Å². The molecule has 0 N–H and O–H groups in total. The summed E-state index contributed by atoms with van der Waals surface area (Å²) in [5.41, 5.74) is 8.61. The Balaban J connectivity index is 1.24. The van der Waals surface area contributed by atoms with Crippen LogP contribution >= 0.6 is 0 Å². The van der Waals surface area contributed by atoms with E-state index in [4.69, 9.17) is 0 Å². The number of pyridine rings is 1. The Labute approximate surface area is 238 Å². The normalized spacial score (nSPS) is 17.5. The molecule has 0 saturated carbocycles. The van der Waals surface area contributed by atoms with Crippen LogP contribution in [0.5, 0.6) is 0 Å². The zero-order valence-electron chi connectivity index (χ0n) is 22.4. The Morgan fingerprint density at radius 2 is 1.32 bits per heavy atom. The molecule has 1 aromatic heterocycles. The number of benzene rings is 6. The molecule has 2 unspecified atom stereocenters. The van der Waals surface area contributed by atoms with E-state index in [0.29, 0.717) is 12.0 Å². The maximum Gasteiger partial charge on any atom is 0.0708 e. The number of anilines is 2. The molecular weight excluding hydrogens is 496 g/mol. The van der Waals surface area contributed by atoms with Crippen LogP contribution in [0.3, 0.4) is 0 Å². The summed E-state index contributed by atoms with van der Waals surface area (Å²) in [7, 11) is 0. The fourth-order valence-corrected chi connectivity index (χ4v) is 7.21. The second-order valence-corrected chi connectivity index (χ2v) is 11.1. The highest BCUT2D eigenvalue weighted by molar-refractivity contribution is 6.27. The van der Waals surface area contributed by atoms with Crippen molar-refractivity contribution in [1.29, 1.82) is 0 Å². The molecule has 1 aliphatic heterocycles. The molecule has 9 rings (SSSR count). The number of fused-ring (bicyclic) bond motifs is 3. The van der Waals surface area contributed by atoms with Crippen molar-refractivity contribution in [3.63, 3.8) is 0 Å². The summed E-state index contributed by atoms with van der Waals surface area (Å²) in [5.74, 6) is 0.378. The van der Waals surface area contributed by atoms with Crippen molar-refractivity contribution in [2.45, 2.75) is 12.0 Å². The quantitative estimate of drug-likeness (QED) is 0.215. The van der Waals surface area contributed by atoms with Crippen molar-refractivity contribution >= 4 is 43.7 Å². The molecule has 192 valence electrons. The molecule has 2 atom stereocenters. The lowest BCUT2D eigenvalue weighted by Gasteiger charge is -2.29. The highest BCUT2D eigenvalue weighted by atomic mass is 15.2. The molecule has 1 aliphatic carbocycles. The molecule has 41 heavy (non-hydrogen) atoms. The minimum Gasteiger partial charge on any atom is -0.333 e. The predicted molar refractivity (Wildman–Crippen MR) is 172 cm³/mol. The van der Waals surface area contributed by atoms with Crippen LogP contribution < -0.4 is 4.90 Å². The maximum absolute atomic E-state index is 4.67. The first-order valence-electron chi connectivity index (χ1n) is 14.3. The number of nitrogens with zero attached hydrogens (tertiary/aromatic N) is 2. The molecule has 0 radical (unpaired) electrons. The Morgan fingerprint density at radius 1 is 0.585 bits per heavy atom. The molecule has 7 aromatic rings. The first kappa shape index (κ1) is 22.6. The molecule has 0 fully saturated rings. The monoisotopic (exact) mass is 522 g/mol. The van der Waals surface area contributed by atoms with Gasteiger partial charge in [-0.3, -0.25) is 4.98 Å². The van der Waals surface area contributed by atoms with Gasteiger partial charge in [-0.05, 0) is 79.3 Å². The lowest BCUT2D eigenvalue weighted by Crippen LogP contribution is -2.28. The van der Waals surface area contributed by atoms with Gasteiger partial charge in [0.2, 0.25) is 0 Å². The third-order valence-electron chi connectivity index (χ3n) is 9.00. The summed E-state index contributed by atoms with van der Waals surface area (Å²) in [5, 5.41) is 7.72. The van der Waals surface area contributed by atoms with E-state index in [2.05, 4.69) is 143 Å². The van der Waals surface area contributed by atoms with E-state index in [0.717, 1.165) is 5.69 Å². The van der Waals surface area contributed by atoms with Gasteiger partial charge in [0.05, 0.1) is 11.7 Å². The third kappa shape index (κ3) is 3.28. The molecule has 0 bridgehead atoms. The SMILES string of the molecule is C1=CC2c3ccccc3N(c3cccc(-c4ccc5ccc6c(-c7ccccn7)ccc7ccc4c5c76)c3)C2C=C1. The van der Waals surface area contributed by atoms with E-state index < -0.39 is 0 Å². The lowest BCUT2D eigenvalue weighted by atomic mass is 9.88. The second kappa shape index (κ2) is 8.64. The van der Waals surface area contributed by atoms with Crippen molar-refractivity contribution in [3.05, 3.63) is 151 Å². The van der Waals surface area contributed by atoms with Crippen LogP contribution in [0.15, 0.2) is 146 Å². The molecule has 0 spiro atoms. The summed E-state index contributed by atoms with van der Waals surface area (Å²) in [4.78, 5) is 7.19. The van der Waals surface area contributed by atoms with Gasteiger partial charge in [0.15, 0.2) is 0 Å². The lowest BCUT2D eigenvalue weighted by molar-refractivity contribution is 0.745. The van der Waals surface area contributed by atoms with E-state index in [1.54, 1.807) is 0 Å². The van der Waals surface area contributed by atoms with Gasteiger partial charge in [-0.2, -0.15) is 0 Å². The Kier molecular flexibility index (Phi) is 4.76. The average molecular weight is 523 g/mol. The summed E-state index contributed by atoms with van der Waals surface area (Å²) < 4.78 is 0. The highest BCUT2D eigenvalue weighted by Gasteiger charge is 2.37. The summed E-state index contributed by atoms with van der Waals surface area (Å²) in [6, 6.07) is 42.5. The molecule has 6 aromatic carbocycles. The van der Waals surface area contributed by atoms with E-state index in [1.807, 2.05) is 12.3 Å². The Bertz CT molecular complexity index is 2170. The average Bonchev–Trinajstić information content (AvgIpc) is 3.38. The van der Waals surface area contributed by atoms with Crippen LogP contribution in [0, 0.1) is 0 Å². The zero-order valence-corrected chi connectivity index (χ0v) is 22.4. The van der Waals surface area contributed by atoms with Crippen LogP contribution in [0.2, 0.25) is 0 Å². The molecule has 0 saturated heterocycles. The van der Waals surface area contributed by atoms with Crippen LogP contribution in [0.25, 0.3) is 54.7 Å². The van der Waals surface area contributed by atoms with Crippen molar-refractivity contribution in [2.75, 3.05) is 4.90 Å². The van der Waals surface area contributed by atoms with Gasteiger partial charge in [0.1, 0.15) is 0 Å². The highest BCUT2D eigenvalue weighted by Crippen LogP contribution is 2.48. The number of allylic oxidation sites excluding steroid dienone is 2. The third-order valence-corrected chi connectivity index (χ3v) is 9.00. The van der Waals surface area contributed by atoms with Gasteiger partial charge in [0, 0.05) is 29.1 Å². The molecule has 0 amide bonds. The van der Waals surface area contributed by atoms with Crippen molar-refractivity contribution < 1.29 is 0 Å². The van der Waals surface area contributed by atoms with Gasteiger partial charge < -0.3 is 4.90 Å². The van der Waals surface area contributed by atoms with E-state index in [9.17, 15) is 0 Å². The van der Waals surface area contributed by atoms with Gasteiger partial charge in [-0.25, -0.2) is 0 Å². The minimum atomic E-state index is 0.291. The standard InChI is InChI=1S/C39H26N2/c1-3-13-36-31(10-1)32-11-2-4-14-37(32)41(36)28-9-7-8-27(24-28)29-19-15-25-18-22-34-30(35-12-5-6-23-40-35)20-16-26-17-21-33(29)38(25)39(26)34/h1-24,31,36H. The second-order valence-electron chi connectivity index (χ2n) is 11.1. The minimum absolute atomic E-state index is 0.291. The Morgan fingerprint density at radius 3 is 2.15 bits per heavy atom. The van der Waals surface area contributed by atoms with Crippen LogP contribution in [0.4, 0.5) is 11.4 Å². The van der Waals surface area contributed by atoms with E-state index >= 15 is 0 Å². The number of para-hydroxylation sites is 1. The zero-order chi connectivity index (χ0) is 26.9. The fourth-order valence-electron chi connectivity index (χ4n) is 7.21. The first-order chi connectivity index (χ1) is 20.3. The topological polar surface area (TPSA) is 16.1 Å². The molecule has 2 heteroatoms. The smallest absolute Gasteiger partial charge is 0.0708 e. The van der Waals surface area contributed by atoms with E-state index in [1.165, 1.54) is 65.9 Å². The molecule has 2 heterocycles. The van der Waals surface area contributed by atoms with Gasteiger partial charge in [-0.15, -0.1) is 0 Å². The molecule has 2 nitrogen and oxygen atoms in total. The van der Waals surface area contributed by atoms with Crippen LogP contribution in [-0.4, -0.2) is 11.0 Å². The van der Waals surface area contributed by atoms with Crippen molar-refractivity contribution in [3.8, 4) is 22.4 Å². The summed E-state index contributed by atoms with van der Waals surface area (Å²) in [6.45, 7) is 0. The van der Waals surface area contributed by atoms with Crippen LogP contribution in [-0.2, 0) is 0 Å². The van der Waals surface area contributed by atoms with Gasteiger partial charge in [0.25, 0.3) is 0 Å².